The Morgan fingerprint density at radius 2 is 2.07 bits per heavy atom. The third-order valence-corrected chi connectivity index (χ3v) is 4.52. The van der Waals surface area contributed by atoms with Crippen LogP contribution < -0.4 is 15.4 Å². The van der Waals surface area contributed by atoms with Gasteiger partial charge < -0.3 is 20.1 Å². The van der Waals surface area contributed by atoms with Gasteiger partial charge in [0.2, 0.25) is 0 Å². The van der Waals surface area contributed by atoms with Gasteiger partial charge in [0.25, 0.3) is 0 Å². The van der Waals surface area contributed by atoms with Gasteiger partial charge in [0, 0.05) is 39.0 Å². The highest BCUT2D eigenvalue weighted by Crippen LogP contribution is 2.29. The summed E-state index contributed by atoms with van der Waals surface area (Å²) in [5, 5.41) is 7.69. The van der Waals surface area contributed by atoms with Crippen LogP contribution in [-0.4, -0.2) is 44.9 Å². The highest BCUT2D eigenvalue weighted by molar-refractivity contribution is 7.09. The lowest BCUT2D eigenvalue weighted by Crippen LogP contribution is -2.37. The third-order valence-electron chi connectivity index (χ3n) is 3.61. The number of nitrogens with one attached hydrogen (secondary N) is 2. The second kappa shape index (κ2) is 10.9. The third kappa shape index (κ3) is 7.35. The molecule has 0 bridgehead atoms. The Morgan fingerprint density at radius 3 is 2.75 bits per heavy atom. The van der Waals surface area contributed by atoms with Gasteiger partial charge in [-0.1, -0.05) is 12.1 Å². The molecule has 0 saturated carbocycles. The van der Waals surface area contributed by atoms with Crippen LogP contribution in [0.25, 0.3) is 0 Å². The van der Waals surface area contributed by atoms with E-state index in [9.17, 15) is 13.2 Å². The van der Waals surface area contributed by atoms with Crippen molar-refractivity contribution < 1.29 is 22.6 Å². The molecule has 0 unspecified atom stereocenters. The smallest absolute Gasteiger partial charge is 0.434 e. The fraction of sp³-hybridized carbons (Fsp3) is 0.444. The van der Waals surface area contributed by atoms with Crippen molar-refractivity contribution in [2.45, 2.75) is 19.1 Å². The molecule has 1 aromatic heterocycles. The van der Waals surface area contributed by atoms with Crippen LogP contribution in [0.2, 0.25) is 0 Å². The van der Waals surface area contributed by atoms with Crippen molar-refractivity contribution in [2.24, 2.45) is 4.99 Å². The summed E-state index contributed by atoms with van der Waals surface area (Å²) in [5.41, 5.74) is 0.162. The Hall–Kier alpha value is -2.33. The normalized spacial score (nSPS) is 12.1. The van der Waals surface area contributed by atoms with E-state index < -0.39 is 11.9 Å². The minimum Gasteiger partial charge on any atom is -0.491 e. The summed E-state index contributed by atoms with van der Waals surface area (Å²) in [7, 11) is 3.25. The molecule has 2 N–H and O–H groups in total. The van der Waals surface area contributed by atoms with Crippen LogP contribution in [0.1, 0.15) is 16.3 Å². The van der Waals surface area contributed by atoms with E-state index in [0.717, 1.165) is 28.0 Å². The molecule has 0 spiro atoms. The zero-order valence-corrected chi connectivity index (χ0v) is 16.5. The predicted molar refractivity (Wildman–Crippen MR) is 103 cm³/mol. The van der Waals surface area contributed by atoms with Crippen LogP contribution in [0, 0.1) is 0 Å². The lowest BCUT2D eigenvalue weighted by Gasteiger charge is -2.12. The molecule has 1 aromatic carbocycles. The second-order valence-corrected chi connectivity index (χ2v) is 6.66. The number of benzene rings is 1. The van der Waals surface area contributed by atoms with E-state index in [2.05, 4.69) is 20.6 Å². The van der Waals surface area contributed by atoms with E-state index in [-0.39, 0.29) is 0 Å². The first-order valence-electron chi connectivity index (χ1n) is 8.59. The fourth-order valence-electron chi connectivity index (χ4n) is 2.24. The molecular weight excluding hydrogens is 393 g/mol. The molecule has 0 radical (unpaired) electrons. The number of hydrogen-bond acceptors (Lipinski definition) is 5. The largest absolute Gasteiger partial charge is 0.491 e. The summed E-state index contributed by atoms with van der Waals surface area (Å²) in [6, 6.07) is 7.65. The van der Waals surface area contributed by atoms with Gasteiger partial charge in [-0.05, 0) is 17.7 Å². The van der Waals surface area contributed by atoms with Crippen LogP contribution in [0.5, 0.6) is 5.75 Å². The maximum Gasteiger partial charge on any atom is 0.434 e. The number of alkyl halides is 3. The molecule has 0 atom stereocenters. The predicted octanol–water partition coefficient (Wildman–Crippen LogP) is 3.09. The van der Waals surface area contributed by atoms with Crippen molar-refractivity contribution >= 4 is 17.3 Å². The summed E-state index contributed by atoms with van der Waals surface area (Å²) in [5.74, 6) is 1.31. The summed E-state index contributed by atoms with van der Waals surface area (Å²) >= 11 is 1.00. The molecule has 2 rings (SSSR count). The number of thiazole rings is 1. The molecular formula is C18H23F3N4O2S. The van der Waals surface area contributed by atoms with Crippen LogP contribution in [0.3, 0.4) is 0 Å². The summed E-state index contributed by atoms with van der Waals surface area (Å²) in [4.78, 5) is 7.72. The zero-order chi connectivity index (χ0) is 20.4. The van der Waals surface area contributed by atoms with E-state index in [1.807, 2.05) is 24.3 Å². The number of aliphatic imine (C=N–C) groups is 1. The van der Waals surface area contributed by atoms with Gasteiger partial charge in [-0.3, -0.25) is 4.99 Å². The van der Waals surface area contributed by atoms with Crippen molar-refractivity contribution in [3.8, 4) is 5.75 Å². The first-order chi connectivity index (χ1) is 13.4. The lowest BCUT2D eigenvalue weighted by molar-refractivity contribution is -0.140. The van der Waals surface area contributed by atoms with E-state index in [0.29, 0.717) is 43.7 Å². The number of nitrogens with zero attached hydrogens (tertiary/aromatic N) is 2. The Balaban J connectivity index is 1.77. The standard InChI is InChI=1S/C18H23F3N4O2S/c1-22-17(23-7-6-16-25-15(12-28-16)18(19,20)21)24-11-13-4-3-5-14(10-13)27-9-8-26-2/h3-5,10,12H,6-9,11H2,1-2H3,(H2,22,23,24). The SMILES string of the molecule is CN=C(NCCc1nc(C(F)(F)F)cs1)NCc1cccc(OCCOC)c1. The fourth-order valence-corrected chi connectivity index (χ4v) is 3.04. The van der Waals surface area contributed by atoms with Gasteiger partial charge in [0.15, 0.2) is 11.7 Å². The van der Waals surface area contributed by atoms with Gasteiger partial charge in [-0.25, -0.2) is 4.98 Å². The Kier molecular flexibility index (Phi) is 8.52. The first-order valence-corrected chi connectivity index (χ1v) is 9.47. The van der Waals surface area contributed by atoms with E-state index in [1.165, 1.54) is 0 Å². The lowest BCUT2D eigenvalue weighted by atomic mass is 10.2. The highest BCUT2D eigenvalue weighted by Gasteiger charge is 2.33. The number of aromatic nitrogens is 1. The average Bonchev–Trinajstić information content (AvgIpc) is 3.14. The molecule has 0 aliphatic rings. The highest BCUT2D eigenvalue weighted by atomic mass is 32.1. The number of rotatable bonds is 9. The molecule has 2 aromatic rings. The van der Waals surface area contributed by atoms with Crippen LogP contribution in [-0.2, 0) is 23.9 Å². The summed E-state index contributed by atoms with van der Waals surface area (Å²) < 4.78 is 48.2. The molecule has 28 heavy (non-hydrogen) atoms. The van der Waals surface area contributed by atoms with Crippen molar-refractivity contribution in [3.63, 3.8) is 0 Å². The van der Waals surface area contributed by atoms with Crippen molar-refractivity contribution in [3.05, 3.63) is 45.9 Å². The minimum atomic E-state index is -4.40. The van der Waals surface area contributed by atoms with Gasteiger partial charge >= 0.3 is 6.18 Å². The van der Waals surface area contributed by atoms with E-state index in [4.69, 9.17) is 9.47 Å². The Labute approximate surface area is 165 Å². The number of halogens is 3. The van der Waals surface area contributed by atoms with Crippen molar-refractivity contribution in [1.29, 1.82) is 0 Å². The summed E-state index contributed by atoms with van der Waals surface area (Å²) in [6.07, 6.45) is -4.02. The minimum absolute atomic E-state index is 0.379. The molecule has 154 valence electrons. The number of hydrogen-bond donors (Lipinski definition) is 2. The van der Waals surface area contributed by atoms with Gasteiger partial charge in [0.1, 0.15) is 12.4 Å². The van der Waals surface area contributed by atoms with Gasteiger partial charge in [-0.15, -0.1) is 11.3 Å². The zero-order valence-electron chi connectivity index (χ0n) is 15.7. The summed E-state index contributed by atoms with van der Waals surface area (Å²) in [6.45, 7) is 1.94. The topological polar surface area (TPSA) is 67.8 Å². The molecule has 1 heterocycles. The average molecular weight is 416 g/mol. The monoisotopic (exact) mass is 416 g/mol. The molecule has 0 amide bonds. The number of guanidine groups is 1. The Bertz CT molecular complexity index is 765. The van der Waals surface area contributed by atoms with E-state index in [1.54, 1.807) is 14.2 Å². The molecule has 0 saturated heterocycles. The molecule has 6 nitrogen and oxygen atoms in total. The molecule has 0 fully saturated rings. The molecule has 0 aliphatic carbocycles. The number of ether oxygens (including phenoxy) is 2. The molecule has 10 heteroatoms. The first kappa shape index (κ1) is 22.0. The maximum absolute atomic E-state index is 12.6. The van der Waals surface area contributed by atoms with Gasteiger partial charge in [-0.2, -0.15) is 13.2 Å². The van der Waals surface area contributed by atoms with Crippen molar-refractivity contribution in [2.75, 3.05) is 33.9 Å². The van der Waals surface area contributed by atoms with E-state index >= 15 is 0 Å². The van der Waals surface area contributed by atoms with Crippen LogP contribution in [0.15, 0.2) is 34.6 Å². The maximum atomic E-state index is 12.6. The Morgan fingerprint density at radius 1 is 1.25 bits per heavy atom. The quantitative estimate of drug-likeness (QED) is 0.374. The van der Waals surface area contributed by atoms with Gasteiger partial charge in [0.05, 0.1) is 11.6 Å². The van der Waals surface area contributed by atoms with Crippen LogP contribution in [0.4, 0.5) is 13.2 Å². The van der Waals surface area contributed by atoms with Crippen molar-refractivity contribution in [1.82, 2.24) is 15.6 Å². The number of methoxy groups -OCH3 is 1. The molecule has 0 aliphatic heterocycles. The van der Waals surface area contributed by atoms with Crippen LogP contribution >= 0.6 is 11.3 Å². The second-order valence-electron chi connectivity index (χ2n) is 5.72.